The van der Waals surface area contributed by atoms with Gasteiger partial charge in [-0.05, 0) is 127 Å². The summed E-state index contributed by atoms with van der Waals surface area (Å²) in [6.45, 7) is 0. The number of hydrogen-bond donors (Lipinski definition) is 0. The number of fused-ring (bicyclic) bond motifs is 4. The molecule has 0 spiro atoms. The minimum absolute atomic E-state index is 0.0437. The van der Waals surface area contributed by atoms with E-state index in [1.165, 1.54) is 77.0 Å². The fourth-order valence-corrected chi connectivity index (χ4v) is 10.5. The Morgan fingerprint density at radius 1 is 0.304 bits per heavy atom. The summed E-state index contributed by atoms with van der Waals surface area (Å²) in [5, 5.41) is 0. The van der Waals surface area contributed by atoms with Crippen LogP contribution in [0.15, 0.2) is 72.8 Å². The molecule has 0 bridgehead atoms. The molecule has 6 nitrogen and oxygen atoms in total. The van der Waals surface area contributed by atoms with Crippen molar-refractivity contribution in [3.63, 3.8) is 0 Å². The number of hydrogen-bond acceptors (Lipinski definition) is 6. The number of rotatable bonds is 9. The molecule has 0 atom stereocenters. The van der Waals surface area contributed by atoms with Crippen molar-refractivity contribution < 1.29 is 28.4 Å². The van der Waals surface area contributed by atoms with Crippen molar-refractivity contribution in [3.8, 4) is 46.0 Å². The van der Waals surface area contributed by atoms with E-state index in [1.807, 2.05) is 0 Å². The first-order valence-corrected chi connectivity index (χ1v) is 22.3. The molecule has 294 valence electrons. The largest absolute Gasteiger partial charge is 0.490 e. The highest BCUT2D eigenvalue weighted by Gasteiger charge is 2.41. The van der Waals surface area contributed by atoms with Gasteiger partial charge in [0.1, 0.15) is 46.0 Å². The normalized spacial score (nSPS) is 21.1. The fraction of sp³-hybridized carbons (Fsp3) is 0.520. The van der Waals surface area contributed by atoms with Gasteiger partial charge in [-0.3, -0.25) is 0 Å². The van der Waals surface area contributed by atoms with E-state index in [-0.39, 0.29) is 36.3 Å². The van der Waals surface area contributed by atoms with Crippen molar-refractivity contribution in [2.24, 2.45) is 0 Å². The van der Waals surface area contributed by atoms with Gasteiger partial charge in [0.25, 0.3) is 0 Å². The third-order valence-electron chi connectivity index (χ3n) is 13.5. The van der Waals surface area contributed by atoms with Crippen LogP contribution in [0.4, 0.5) is 0 Å². The first kappa shape index (κ1) is 36.0. The Kier molecular flexibility index (Phi) is 10.5. The van der Waals surface area contributed by atoms with Gasteiger partial charge in [0.2, 0.25) is 0 Å². The third-order valence-corrected chi connectivity index (χ3v) is 13.5. The lowest BCUT2D eigenvalue weighted by Crippen LogP contribution is -2.24. The summed E-state index contributed by atoms with van der Waals surface area (Å²) in [6, 6.07) is 26.2. The molecule has 4 aromatic rings. The summed E-state index contributed by atoms with van der Waals surface area (Å²) in [7, 11) is 0. The SMILES string of the molecule is c1cc2c(cc1OC1CCCCC1)Oc1cc(OC3CCCCC3)ccc1C2C1c2ccc(OC3CCCCC3)cc2Oc2cc(OC3CCCCC3)ccc21. The molecule has 4 aliphatic carbocycles. The summed E-state index contributed by atoms with van der Waals surface area (Å²) in [4.78, 5) is 0. The van der Waals surface area contributed by atoms with Gasteiger partial charge in [-0.2, -0.15) is 0 Å². The van der Waals surface area contributed by atoms with Crippen LogP contribution in [0.2, 0.25) is 0 Å². The topological polar surface area (TPSA) is 55.4 Å². The highest BCUT2D eigenvalue weighted by molar-refractivity contribution is 5.65. The zero-order valence-electron chi connectivity index (χ0n) is 33.0. The van der Waals surface area contributed by atoms with Crippen LogP contribution >= 0.6 is 0 Å². The van der Waals surface area contributed by atoms with Crippen LogP contribution in [-0.2, 0) is 0 Å². The van der Waals surface area contributed by atoms with Crippen LogP contribution in [0.25, 0.3) is 0 Å². The number of ether oxygens (including phenoxy) is 6. The monoisotopic (exact) mass is 754 g/mol. The zero-order chi connectivity index (χ0) is 37.3. The molecule has 0 saturated heterocycles. The lowest BCUT2D eigenvalue weighted by molar-refractivity contribution is 0.153. The summed E-state index contributed by atoms with van der Waals surface area (Å²) in [5.74, 6) is 6.87. The molecule has 4 saturated carbocycles. The lowest BCUT2D eigenvalue weighted by atomic mass is 9.71. The highest BCUT2D eigenvalue weighted by Crippen LogP contribution is 2.59. The molecule has 2 heterocycles. The van der Waals surface area contributed by atoms with Crippen LogP contribution in [0, 0.1) is 0 Å². The molecular weight excluding hydrogens is 697 g/mol. The molecule has 0 unspecified atom stereocenters. The van der Waals surface area contributed by atoms with Gasteiger partial charge in [-0.25, -0.2) is 0 Å². The molecule has 2 aliphatic heterocycles. The van der Waals surface area contributed by atoms with E-state index in [0.717, 1.165) is 120 Å². The van der Waals surface area contributed by atoms with Crippen LogP contribution in [0.5, 0.6) is 46.0 Å². The van der Waals surface area contributed by atoms with Gasteiger partial charge in [0.05, 0.1) is 24.4 Å². The van der Waals surface area contributed by atoms with Gasteiger partial charge in [0, 0.05) is 58.4 Å². The second kappa shape index (κ2) is 16.3. The van der Waals surface area contributed by atoms with E-state index < -0.39 is 0 Å². The summed E-state index contributed by atoms with van der Waals surface area (Å²) in [6.07, 6.45) is 25.0. The molecule has 4 aromatic carbocycles. The Labute approximate surface area is 333 Å². The standard InChI is InChI=1S/C50H58O6/c1-5-13-33(14-6-1)51-37-21-25-41-45(29-37)55-46-30-38(52-34-15-7-2-8-16-34)22-26-42(46)49(41)50-43-27-23-39(53-35-17-9-3-10-18-35)31-47(43)56-48-32-40(24-28-44(48)50)54-36-19-11-4-12-20-36/h21-36,49-50H,1-20H2. The van der Waals surface area contributed by atoms with E-state index in [0.29, 0.717) is 0 Å². The van der Waals surface area contributed by atoms with Gasteiger partial charge in [-0.1, -0.05) is 49.9 Å². The first-order valence-electron chi connectivity index (χ1n) is 22.3. The zero-order valence-corrected chi connectivity index (χ0v) is 33.0. The maximum absolute atomic E-state index is 6.91. The van der Waals surface area contributed by atoms with Crippen molar-refractivity contribution in [1.29, 1.82) is 0 Å². The van der Waals surface area contributed by atoms with Gasteiger partial charge in [0.15, 0.2) is 0 Å². The van der Waals surface area contributed by atoms with E-state index in [4.69, 9.17) is 28.4 Å². The second-order valence-corrected chi connectivity index (χ2v) is 17.5. The fourth-order valence-electron chi connectivity index (χ4n) is 10.5. The van der Waals surface area contributed by atoms with Gasteiger partial charge in [-0.15, -0.1) is 0 Å². The molecule has 0 amide bonds. The molecule has 4 fully saturated rings. The molecular formula is C50H58O6. The summed E-state index contributed by atoms with van der Waals surface area (Å²) >= 11 is 0. The lowest BCUT2D eigenvalue weighted by Gasteiger charge is -2.38. The van der Waals surface area contributed by atoms with Gasteiger partial charge < -0.3 is 28.4 Å². The van der Waals surface area contributed by atoms with Crippen LogP contribution in [0.3, 0.4) is 0 Å². The predicted molar refractivity (Wildman–Crippen MR) is 220 cm³/mol. The minimum Gasteiger partial charge on any atom is -0.490 e. The molecule has 6 aliphatic rings. The van der Waals surface area contributed by atoms with Crippen molar-refractivity contribution in [2.45, 2.75) is 165 Å². The van der Waals surface area contributed by atoms with Gasteiger partial charge >= 0.3 is 0 Å². The summed E-state index contributed by atoms with van der Waals surface area (Å²) < 4.78 is 40.3. The van der Waals surface area contributed by atoms with Crippen molar-refractivity contribution in [3.05, 3.63) is 95.1 Å². The van der Waals surface area contributed by atoms with Crippen molar-refractivity contribution in [2.75, 3.05) is 0 Å². The van der Waals surface area contributed by atoms with E-state index in [9.17, 15) is 0 Å². The van der Waals surface area contributed by atoms with E-state index in [2.05, 4.69) is 72.8 Å². The average molecular weight is 755 g/mol. The van der Waals surface area contributed by atoms with E-state index in [1.54, 1.807) is 0 Å². The highest BCUT2D eigenvalue weighted by atomic mass is 16.5. The predicted octanol–water partition coefficient (Wildman–Crippen LogP) is 13.7. The van der Waals surface area contributed by atoms with Crippen LogP contribution < -0.4 is 28.4 Å². The Morgan fingerprint density at radius 3 is 0.768 bits per heavy atom. The van der Waals surface area contributed by atoms with E-state index >= 15 is 0 Å². The molecule has 0 radical (unpaired) electrons. The molecule has 10 rings (SSSR count). The second-order valence-electron chi connectivity index (χ2n) is 17.5. The van der Waals surface area contributed by atoms with Crippen molar-refractivity contribution in [1.82, 2.24) is 0 Å². The quantitative estimate of drug-likeness (QED) is 0.170. The maximum Gasteiger partial charge on any atom is 0.134 e. The van der Waals surface area contributed by atoms with Crippen molar-refractivity contribution >= 4 is 0 Å². The Balaban J connectivity index is 1.06. The number of benzene rings is 4. The smallest absolute Gasteiger partial charge is 0.134 e. The molecule has 6 heteroatoms. The van der Waals surface area contributed by atoms with Crippen LogP contribution in [-0.4, -0.2) is 24.4 Å². The first-order chi connectivity index (χ1) is 27.7. The maximum atomic E-state index is 6.91. The Hall–Kier alpha value is -4.32. The third kappa shape index (κ3) is 7.70. The Morgan fingerprint density at radius 2 is 0.536 bits per heavy atom. The average Bonchev–Trinajstić information content (AvgIpc) is 3.23. The Bertz CT molecular complexity index is 1700. The molecule has 0 aromatic heterocycles. The molecule has 56 heavy (non-hydrogen) atoms. The van der Waals surface area contributed by atoms with Crippen LogP contribution in [0.1, 0.15) is 163 Å². The summed E-state index contributed by atoms with van der Waals surface area (Å²) in [5.41, 5.74) is 4.62. The molecule has 0 N–H and O–H groups in total. The minimum atomic E-state index is -0.0437.